The van der Waals surface area contributed by atoms with E-state index in [0.717, 1.165) is 56.1 Å². The van der Waals surface area contributed by atoms with E-state index in [0.29, 0.717) is 0 Å². The molecule has 0 unspecified atom stereocenters. The summed E-state index contributed by atoms with van der Waals surface area (Å²) >= 11 is 0. The highest BCUT2D eigenvalue weighted by Gasteiger charge is 2.34. The van der Waals surface area contributed by atoms with Crippen LogP contribution in [0.2, 0.25) is 0 Å². The maximum atomic E-state index is 12.8. The average Bonchev–Trinajstić information content (AvgIpc) is 2.89. The molecule has 1 aromatic rings. The van der Waals surface area contributed by atoms with Gasteiger partial charge in [0.15, 0.2) is 0 Å². The van der Waals surface area contributed by atoms with Crippen LogP contribution in [0.3, 0.4) is 0 Å². The lowest BCUT2D eigenvalue weighted by atomic mass is 9.89. The van der Waals surface area contributed by atoms with Crippen molar-refractivity contribution < 1.29 is 19.8 Å². The van der Waals surface area contributed by atoms with Gasteiger partial charge in [0.05, 0.1) is 0 Å². The summed E-state index contributed by atoms with van der Waals surface area (Å²) in [5, 5.41) is 19.4. The van der Waals surface area contributed by atoms with Crippen molar-refractivity contribution in [2.45, 2.75) is 76.3 Å². The first-order valence-corrected chi connectivity index (χ1v) is 8.77. The lowest BCUT2D eigenvalue weighted by Crippen LogP contribution is -2.51. The van der Waals surface area contributed by atoms with Crippen LogP contribution >= 0.6 is 0 Å². The van der Waals surface area contributed by atoms with Crippen molar-refractivity contribution in [2.24, 2.45) is 0 Å². The van der Waals surface area contributed by atoms with Crippen LogP contribution in [0.4, 0.5) is 4.79 Å². The Bertz CT molecular complexity index is 493. The molecule has 1 aromatic heterocycles. The van der Waals surface area contributed by atoms with E-state index >= 15 is 0 Å². The van der Waals surface area contributed by atoms with Crippen LogP contribution in [0.1, 0.15) is 64.2 Å². The number of nitrogens with zero attached hydrogens (tertiary/aromatic N) is 2. The van der Waals surface area contributed by atoms with E-state index in [1.807, 2.05) is 4.90 Å². The van der Waals surface area contributed by atoms with Crippen LogP contribution in [-0.4, -0.2) is 38.0 Å². The second-order valence-corrected chi connectivity index (χ2v) is 6.69. The predicted molar refractivity (Wildman–Crippen MR) is 85.3 cm³/mol. The topological polar surface area (TPSA) is 74.9 Å². The molecule has 0 aliphatic heterocycles. The summed E-state index contributed by atoms with van der Waals surface area (Å²) in [6.45, 7) is 0. The summed E-state index contributed by atoms with van der Waals surface area (Å²) < 4.78 is 0.793. The Labute approximate surface area is 136 Å². The normalized spacial score (nSPS) is 20.3. The lowest BCUT2D eigenvalue weighted by molar-refractivity contribution is 0.0310. The Balaban J connectivity index is 1.77. The van der Waals surface area contributed by atoms with Crippen molar-refractivity contribution in [1.29, 1.82) is 0 Å². The maximum Gasteiger partial charge on any atom is 0.435 e. The minimum Gasteiger partial charge on any atom is -0.492 e. The highest BCUT2D eigenvalue weighted by atomic mass is 16.7. The first-order chi connectivity index (χ1) is 11.2. The minimum atomic E-state index is -0.467. The second-order valence-electron chi connectivity index (χ2n) is 6.69. The van der Waals surface area contributed by atoms with E-state index in [1.165, 1.54) is 25.0 Å². The maximum absolute atomic E-state index is 12.8. The summed E-state index contributed by atoms with van der Waals surface area (Å²) in [6, 6.07) is 3.01. The fraction of sp³-hybridized carbons (Fsp3) is 0.706. The van der Waals surface area contributed by atoms with E-state index in [9.17, 15) is 15.0 Å². The van der Waals surface area contributed by atoms with Crippen LogP contribution in [0.5, 0.6) is 11.8 Å². The number of hydrogen-bond donors (Lipinski definition) is 2. The van der Waals surface area contributed by atoms with Gasteiger partial charge < -0.3 is 20.0 Å². The molecule has 2 fully saturated rings. The van der Waals surface area contributed by atoms with E-state index in [2.05, 4.69) is 0 Å². The highest BCUT2D eigenvalue weighted by molar-refractivity contribution is 5.69. The van der Waals surface area contributed by atoms with Gasteiger partial charge in [-0.05, 0) is 25.7 Å². The number of hydrogen-bond acceptors (Lipinski definition) is 4. The van der Waals surface area contributed by atoms with Gasteiger partial charge in [0.1, 0.15) is 0 Å². The lowest BCUT2D eigenvalue weighted by Gasteiger charge is -2.40. The van der Waals surface area contributed by atoms with E-state index < -0.39 is 6.09 Å². The molecule has 6 nitrogen and oxygen atoms in total. The number of carbonyl (C=O) groups excluding carboxylic acids is 1. The van der Waals surface area contributed by atoms with Crippen molar-refractivity contribution in [2.75, 3.05) is 0 Å². The molecule has 2 N–H and O–H groups in total. The summed E-state index contributed by atoms with van der Waals surface area (Å²) in [6.07, 6.45) is 10.6. The quantitative estimate of drug-likeness (QED) is 0.894. The fourth-order valence-corrected chi connectivity index (χ4v) is 3.94. The molecule has 0 atom stereocenters. The molecule has 0 bridgehead atoms. The van der Waals surface area contributed by atoms with Crippen LogP contribution in [-0.2, 0) is 0 Å². The van der Waals surface area contributed by atoms with Crippen molar-refractivity contribution in [3.63, 3.8) is 0 Å². The number of aromatic nitrogens is 1. The Morgan fingerprint density at radius 2 is 1.35 bits per heavy atom. The molecule has 128 valence electrons. The SMILES string of the molecule is O=C(On1c(O)ccc1O)N(C1CCCCC1)C1CCCCC1. The van der Waals surface area contributed by atoms with Gasteiger partial charge in [0.2, 0.25) is 11.8 Å². The molecule has 3 rings (SSSR count). The van der Waals surface area contributed by atoms with E-state index in [4.69, 9.17) is 4.84 Å². The van der Waals surface area contributed by atoms with Crippen molar-refractivity contribution in [1.82, 2.24) is 9.63 Å². The number of aromatic hydroxyl groups is 2. The van der Waals surface area contributed by atoms with Gasteiger partial charge in [0.25, 0.3) is 0 Å². The van der Waals surface area contributed by atoms with E-state index in [-0.39, 0.29) is 23.8 Å². The Morgan fingerprint density at radius 1 is 0.913 bits per heavy atom. The van der Waals surface area contributed by atoms with Crippen LogP contribution in [0, 0.1) is 0 Å². The zero-order valence-corrected chi connectivity index (χ0v) is 13.5. The van der Waals surface area contributed by atoms with Crippen LogP contribution in [0.15, 0.2) is 12.1 Å². The molecule has 23 heavy (non-hydrogen) atoms. The second kappa shape index (κ2) is 7.15. The van der Waals surface area contributed by atoms with Crippen molar-refractivity contribution in [3.05, 3.63) is 12.1 Å². The third-order valence-corrected chi connectivity index (χ3v) is 5.11. The first-order valence-electron chi connectivity index (χ1n) is 8.77. The Morgan fingerprint density at radius 3 is 1.78 bits per heavy atom. The third kappa shape index (κ3) is 3.57. The molecule has 0 aromatic carbocycles. The molecule has 0 radical (unpaired) electrons. The number of rotatable bonds is 3. The van der Waals surface area contributed by atoms with E-state index in [1.54, 1.807) is 0 Å². The average molecular weight is 322 g/mol. The van der Waals surface area contributed by atoms with Gasteiger partial charge in [-0.1, -0.05) is 38.5 Å². The molecule has 0 saturated heterocycles. The number of amides is 1. The minimum absolute atomic E-state index is 0.208. The first kappa shape index (κ1) is 16.0. The summed E-state index contributed by atoms with van der Waals surface area (Å²) in [4.78, 5) is 19.9. The van der Waals surface area contributed by atoms with Gasteiger partial charge >= 0.3 is 6.09 Å². The third-order valence-electron chi connectivity index (χ3n) is 5.11. The van der Waals surface area contributed by atoms with Crippen LogP contribution in [0.25, 0.3) is 0 Å². The van der Waals surface area contributed by atoms with Gasteiger partial charge in [-0.25, -0.2) is 4.79 Å². The van der Waals surface area contributed by atoms with Gasteiger partial charge in [-0.3, -0.25) is 0 Å². The van der Waals surface area contributed by atoms with Crippen LogP contribution < -0.4 is 4.84 Å². The molecular weight excluding hydrogens is 296 g/mol. The van der Waals surface area contributed by atoms with Crippen molar-refractivity contribution in [3.8, 4) is 11.8 Å². The standard InChI is InChI=1S/C17H26N2O4/c20-15-11-12-16(21)19(15)23-17(22)18(13-7-3-1-4-8-13)14-9-5-2-6-10-14/h11-14,20-21H,1-10H2. The molecular formula is C17H26N2O4. The molecule has 1 amide bonds. The Kier molecular flexibility index (Phi) is 4.98. The summed E-state index contributed by atoms with van der Waals surface area (Å²) in [5.74, 6) is -0.550. The summed E-state index contributed by atoms with van der Waals surface area (Å²) in [5.41, 5.74) is 0. The Hall–Kier alpha value is -1.85. The monoisotopic (exact) mass is 322 g/mol. The van der Waals surface area contributed by atoms with Gasteiger partial charge in [-0.15, -0.1) is 4.73 Å². The smallest absolute Gasteiger partial charge is 0.435 e. The zero-order chi connectivity index (χ0) is 16.2. The van der Waals surface area contributed by atoms with Gasteiger partial charge in [-0.2, -0.15) is 0 Å². The predicted octanol–water partition coefficient (Wildman–Crippen LogP) is 3.42. The molecule has 2 aliphatic carbocycles. The van der Waals surface area contributed by atoms with Gasteiger partial charge in [0, 0.05) is 24.2 Å². The molecule has 6 heteroatoms. The zero-order valence-electron chi connectivity index (χ0n) is 13.5. The number of carbonyl (C=O) groups is 1. The molecule has 2 saturated carbocycles. The fourth-order valence-electron chi connectivity index (χ4n) is 3.94. The highest BCUT2D eigenvalue weighted by Crippen LogP contribution is 2.31. The molecule has 2 aliphatic rings. The summed E-state index contributed by atoms with van der Waals surface area (Å²) in [7, 11) is 0. The largest absolute Gasteiger partial charge is 0.492 e. The van der Waals surface area contributed by atoms with Crippen molar-refractivity contribution >= 4 is 6.09 Å². The molecule has 0 spiro atoms. The molecule has 1 heterocycles.